The molecule has 2 aliphatic rings. The van der Waals surface area contributed by atoms with Crippen molar-refractivity contribution in [2.24, 2.45) is 0 Å². The molecule has 2 unspecified atom stereocenters. The number of hydrogen-bond acceptors (Lipinski definition) is 4. The van der Waals surface area contributed by atoms with Crippen molar-refractivity contribution in [1.29, 1.82) is 0 Å². The van der Waals surface area contributed by atoms with Crippen molar-refractivity contribution in [2.75, 3.05) is 5.32 Å². The Labute approximate surface area is 147 Å². The van der Waals surface area contributed by atoms with Gasteiger partial charge in [-0.05, 0) is 44.7 Å². The second-order valence-corrected chi connectivity index (χ2v) is 7.16. The number of aromatic nitrogens is 2. The lowest BCUT2D eigenvalue weighted by atomic mass is 9.91. The van der Waals surface area contributed by atoms with Gasteiger partial charge in [-0.2, -0.15) is 4.98 Å². The van der Waals surface area contributed by atoms with Gasteiger partial charge in [-0.25, -0.2) is 4.79 Å². The van der Waals surface area contributed by atoms with E-state index in [1.807, 2.05) is 43.0 Å². The SMILES string of the molecule is CCc1noc(C2CC3CCC(C2)N3C(=O)Nc2ccc(C)cc2)n1. The van der Waals surface area contributed by atoms with Gasteiger partial charge in [0, 0.05) is 30.1 Å². The van der Waals surface area contributed by atoms with Gasteiger partial charge in [0.05, 0.1) is 0 Å². The van der Waals surface area contributed by atoms with Crippen LogP contribution < -0.4 is 5.32 Å². The van der Waals surface area contributed by atoms with Gasteiger partial charge < -0.3 is 14.7 Å². The maximum atomic E-state index is 12.8. The number of amides is 2. The normalized spacial score (nSPS) is 25.2. The Morgan fingerprint density at radius 2 is 1.92 bits per heavy atom. The number of carbonyl (C=O) groups is 1. The van der Waals surface area contributed by atoms with Crippen molar-refractivity contribution in [2.45, 2.75) is 64.0 Å². The molecule has 2 atom stereocenters. The number of fused-ring (bicyclic) bond motifs is 2. The highest BCUT2D eigenvalue weighted by Crippen LogP contribution is 2.42. The summed E-state index contributed by atoms with van der Waals surface area (Å²) >= 11 is 0. The van der Waals surface area contributed by atoms with Crippen molar-refractivity contribution in [3.8, 4) is 0 Å². The Bertz CT molecular complexity index is 741. The number of hydrogen-bond donors (Lipinski definition) is 1. The molecule has 25 heavy (non-hydrogen) atoms. The van der Waals surface area contributed by atoms with Crippen LogP contribution in [-0.4, -0.2) is 33.2 Å². The summed E-state index contributed by atoms with van der Waals surface area (Å²) in [6, 6.07) is 8.44. The number of urea groups is 1. The van der Waals surface area contributed by atoms with Crippen LogP contribution in [0, 0.1) is 6.92 Å². The van der Waals surface area contributed by atoms with Crippen molar-refractivity contribution < 1.29 is 9.32 Å². The predicted octanol–water partition coefficient (Wildman–Crippen LogP) is 3.88. The molecule has 2 fully saturated rings. The first-order chi connectivity index (χ1) is 12.1. The molecule has 2 amide bonds. The topological polar surface area (TPSA) is 71.3 Å². The van der Waals surface area contributed by atoms with Gasteiger partial charge in [0.1, 0.15) is 0 Å². The van der Waals surface area contributed by atoms with Gasteiger partial charge in [0.15, 0.2) is 5.82 Å². The fraction of sp³-hybridized carbons (Fsp3) is 0.526. The number of carbonyl (C=O) groups excluding carboxylic acids is 1. The lowest BCUT2D eigenvalue weighted by Gasteiger charge is -2.37. The quantitative estimate of drug-likeness (QED) is 0.920. The van der Waals surface area contributed by atoms with Crippen molar-refractivity contribution in [3.05, 3.63) is 41.5 Å². The molecule has 132 valence electrons. The maximum Gasteiger partial charge on any atom is 0.322 e. The molecule has 1 aromatic carbocycles. The Morgan fingerprint density at radius 3 is 2.52 bits per heavy atom. The number of rotatable bonds is 3. The minimum atomic E-state index is 0.00887. The number of nitrogens with zero attached hydrogens (tertiary/aromatic N) is 3. The highest BCUT2D eigenvalue weighted by Gasteiger charge is 2.45. The molecule has 2 bridgehead atoms. The van der Waals surface area contributed by atoms with Crippen LogP contribution in [0.2, 0.25) is 0 Å². The first-order valence-electron chi connectivity index (χ1n) is 9.12. The number of piperidine rings is 1. The zero-order valence-corrected chi connectivity index (χ0v) is 14.7. The van der Waals surface area contributed by atoms with Crippen molar-refractivity contribution in [1.82, 2.24) is 15.0 Å². The van der Waals surface area contributed by atoms with E-state index in [4.69, 9.17) is 4.52 Å². The van der Waals surface area contributed by atoms with Crippen molar-refractivity contribution in [3.63, 3.8) is 0 Å². The fourth-order valence-corrected chi connectivity index (χ4v) is 4.11. The summed E-state index contributed by atoms with van der Waals surface area (Å²) < 4.78 is 5.44. The summed E-state index contributed by atoms with van der Waals surface area (Å²) in [6.07, 6.45) is 4.70. The van der Waals surface area contributed by atoms with Gasteiger partial charge in [-0.3, -0.25) is 0 Å². The van der Waals surface area contributed by atoms with Gasteiger partial charge in [0.2, 0.25) is 5.89 Å². The molecule has 6 heteroatoms. The molecule has 0 radical (unpaired) electrons. The lowest BCUT2D eigenvalue weighted by Crippen LogP contribution is -2.48. The van der Waals surface area contributed by atoms with Crippen LogP contribution in [0.25, 0.3) is 0 Å². The van der Waals surface area contributed by atoms with E-state index >= 15 is 0 Å². The zero-order chi connectivity index (χ0) is 17.4. The van der Waals surface area contributed by atoms with E-state index in [0.29, 0.717) is 0 Å². The first kappa shape index (κ1) is 16.1. The van der Waals surface area contributed by atoms with Gasteiger partial charge in [0.25, 0.3) is 0 Å². The minimum absolute atomic E-state index is 0.00887. The molecule has 3 heterocycles. The molecule has 6 nitrogen and oxygen atoms in total. The molecule has 1 N–H and O–H groups in total. The molecule has 2 aliphatic heterocycles. The zero-order valence-electron chi connectivity index (χ0n) is 14.7. The standard InChI is InChI=1S/C19H24N4O2/c1-3-17-21-18(25-22-17)13-10-15-8-9-16(11-13)23(15)19(24)20-14-6-4-12(2)5-7-14/h4-7,13,15-16H,3,8-11H2,1-2H3,(H,20,24). The van der Waals surface area contributed by atoms with E-state index in [9.17, 15) is 4.79 Å². The van der Waals surface area contributed by atoms with E-state index in [-0.39, 0.29) is 24.0 Å². The van der Waals surface area contributed by atoms with Crippen LogP contribution in [0.5, 0.6) is 0 Å². The third-order valence-corrected chi connectivity index (χ3v) is 5.42. The second-order valence-electron chi connectivity index (χ2n) is 7.16. The molecular formula is C19H24N4O2. The van der Waals surface area contributed by atoms with Crippen LogP contribution in [0.4, 0.5) is 10.5 Å². The van der Waals surface area contributed by atoms with Crippen LogP contribution in [-0.2, 0) is 6.42 Å². The summed E-state index contributed by atoms with van der Waals surface area (Å²) in [4.78, 5) is 19.3. The Hall–Kier alpha value is -2.37. The molecule has 0 saturated carbocycles. The molecule has 4 rings (SSSR count). The summed E-state index contributed by atoms with van der Waals surface area (Å²) in [5, 5.41) is 7.06. The van der Waals surface area contributed by atoms with Gasteiger partial charge >= 0.3 is 6.03 Å². The number of benzene rings is 1. The van der Waals surface area contributed by atoms with E-state index in [1.165, 1.54) is 5.56 Å². The maximum absolute atomic E-state index is 12.8. The first-order valence-corrected chi connectivity index (χ1v) is 9.12. The minimum Gasteiger partial charge on any atom is -0.339 e. The van der Waals surface area contributed by atoms with Gasteiger partial charge in [-0.15, -0.1) is 0 Å². The second kappa shape index (κ2) is 6.50. The largest absolute Gasteiger partial charge is 0.339 e. The highest BCUT2D eigenvalue weighted by molar-refractivity contribution is 5.90. The van der Waals surface area contributed by atoms with E-state index in [1.54, 1.807) is 0 Å². The van der Waals surface area contributed by atoms with Crippen molar-refractivity contribution >= 4 is 11.7 Å². The van der Waals surface area contributed by atoms with E-state index in [2.05, 4.69) is 15.5 Å². The number of anilines is 1. The molecule has 2 saturated heterocycles. The number of aryl methyl sites for hydroxylation is 2. The summed E-state index contributed by atoms with van der Waals surface area (Å²) in [5.41, 5.74) is 2.03. The molecule has 0 aliphatic carbocycles. The summed E-state index contributed by atoms with van der Waals surface area (Å²) in [6.45, 7) is 4.06. The third kappa shape index (κ3) is 3.13. The summed E-state index contributed by atoms with van der Waals surface area (Å²) in [7, 11) is 0. The molecular weight excluding hydrogens is 316 g/mol. The fourth-order valence-electron chi connectivity index (χ4n) is 4.11. The monoisotopic (exact) mass is 340 g/mol. The lowest BCUT2D eigenvalue weighted by molar-refractivity contribution is 0.140. The Kier molecular flexibility index (Phi) is 4.19. The average Bonchev–Trinajstić information content (AvgIpc) is 3.19. The molecule has 2 aromatic rings. The van der Waals surface area contributed by atoms with Gasteiger partial charge in [-0.1, -0.05) is 29.8 Å². The average molecular weight is 340 g/mol. The van der Waals surface area contributed by atoms with Crippen LogP contribution >= 0.6 is 0 Å². The summed E-state index contributed by atoms with van der Waals surface area (Å²) in [5.74, 6) is 1.78. The third-order valence-electron chi connectivity index (χ3n) is 5.42. The highest BCUT2D eigenvalue weighted by atomic mass is 16.5. The predicted molar refractivity (Wildman–Crippen MR) is 94.5 cm³/mol. The van der Waals surface area contributed by atoms with Crippen LogP contribution in [0.1, 0.15) is 55.8 Å². The van der Waals surface area contributed by atoms with Crippen LogP contribution in [0.15, 0.2) is 28.8 Å². The molecule has 0 spiro atoms. The van der Waals surface area contributed by atoms with Crippen LogP contribution in [0.3, 0.4) is 0 Å². The van der Waals surface area contributed by atoms with E-state index < -0.39 is 0 Å². The van der Waals surface area contributed by atoms with E-state index in [0.717, 1.165) is 49.5 Å². The number of nitrogens with one attached hydrogen (secondary N) is 1. The molecule has 1 aromatic heterocycles. The smallest absolute Gasteiger partial charge is 0.322 e. The Morgan fingerprint density at radius 1 is 1.24 bits per heavy atom. The Balaban J connectivity index is 1.44.